The molecule has 0 saturated heterocycles. The fraction of sp³-hybridized carbons (Fsp3) is 0.533. The summed E-state index contributed by atoms with van der Waals surface area (Å²) in [5.74, 6) is 0.869. The van der Waals surface area contributed by atoms with Crippen molar-refractivity contribution in [2.45, 2.75) is 32.8 Å². The summed E-state index contributed by atoms with van der Waals surface area (Å²) in [6.07, 6.45) is 1.48. The van der Waals surface area contributed by atoms with Crippen LogP contribution in [0.5, 0.6) is 5.75 Å². The van der Waals surface area contributed by atoms with Crippen LogP contribution in [0.3, 0.4) is 0 Å². The van der Waals surface area contributed by atoms with Crippen molar-refractivity contribution < 1.29 is 9.53 Å². The molecule has 106 valence electrons. The summed E-state index contributed by atoms with van der Waals surface area (Å²) in [4.78, 5) is 11.7. The van der Waals surface area contributed by atoms with Gasteiger partial charge in [-0.25, -0.2) is 0 Å². The third kappa shape index (κ3) is 6.82. The molecule has 0 unspecified atom stereocenters. The van der Waals surface area contributed by atoms with E-state index in [1.165, 1.54) is 0 Å². The molecule has 1 aromatic rings. The molecular weight excluding hydrogens is 240 g/mol. The van der Waals surface area contributed by atoms with Crippen LogP contribution in [0.2, 0.25) is 0 Å². The smallest absolute Gasteiger partial charge is 0.224 e. The van der Waals surface area contributed by atoms with E-state index in [0.717, 1.165) is 24.3 Å². The first-order valence-corrected chi connectivity index (χ1v) is 6.78. The number of benzene rings is 1. The molecule has 0 heterocycles. The minimum Gasteiger partial charge on any atom is -0.491 e. The van der Waals surface area contributed by atoms with E-state index in [1.54, 1.807) is 0 Å². The highest BCUT2D eigenvalue weighted by molar-refractivity contribution is 5.78. The van der Waals surface area contributed by atoms with Gasteiger partial charge in [0.2, 0.25) is 5.91 Å². The fourth-order valence-electron chi connectivity index (χ4n) is 1.74. The zero-order chi connectivity index (χ0) is 14.1. The van der Waals surface area contributed by atoms with Gasteiger partial charge in [0.1, 0.15) is 5.75 Å². The number of rotatable bonds is 8. The number of carbonyl (C=O) groups excluding carboxylic acids is 1. The first-order valence-electron chi connectivity index (χ1n) is 6.78. The highest BCUT2D eigenvalue weighted by atomic mass is 16.5. The van der Waals surface area contributed by atoms with Crippen molar-refractivity contribution in [3.8, 4) is 5.75 Å². The average molecular weight is 264 g/mol. The van der Waals surface area contributed by atoms with E-state index in [1.807, 2.05) is 45.2 Å². The lowest BCUT2D eigenvalue weighted by molar-refractivity contribution is -0.120. The zero-order valence-corrected chi connectivity index (χ0v) is 12.0. The van der Waals surface area contributed by atoms with Gasteiger partial charge in [-0.15, -0.1) is 0 Å². The molecule has 4 nitrogen and oxygen atoms in total. The number of hydrogen-bond acceptors (Lipinski definition) is 3. The average Bonchev–Trinajstić information content (AvgIpc) is 2.34. The Morgan fingerprint density at radius 3 is 2.79 bits per heavy atom. The second-order valence-corrected chi connectivity index (χ2v) is 4.80. The molecule has 19 heavy (non-hydrogen) atoms. The molecule has 0 aliphatic heterocycles. The minimum atomic E-state index is 0.0535. The van der Waals surface area contributed by atoms with Crippen LogP contribution in [0.25, 0.3) is 0 Å². The van der Waals surface area contributed by atoms with Gasteiger partial charge in [0, 0.05) is 6.54 Å². The highest BCUT2D eigenvalue weighted by Crippen LogP contribution is 2.15. The van der Waals surface area contributed by atoms with Crippen molar-refractivity contribution in [2.24, 2.45) is 0 Å². The van der Waals surface area contributed by atoms with Crippen molar-refractivity contribution in [1.82, 2.24) is 10.6 Å². The van der Waals surface area contributed by atoms with Crippen molar-refractivity contribution >= 4 is 5.91 Å². The summed E-state index contributed by atoms with van der Waals surface area (Å²) in [5, 5.41) is 5.96. The van der Waals surface area contributed by atoms with Gasteiger partial charge in [0.25, 0.3) is 0 Å². The quantitative estimate of drug-likeness (QED) is 0.703. The molecule has 0 radical (unpaired) electrons. The minimum absolute atomic E-state index is 0.0535. The molecule has 0 atom stereocenters. The molecule has 0 aliphatic carbocycles. The Morgan fingerprint density at radius 2 is 2.11 bits per heavy atom. The van der Waals surface area contributed by atoms with Gasteiger partial charge in [0.15, 0.2) is 0 Å². The molecule has 1 aromatic carbocycles. The predicted octanol–water partition coefficient (Wildman–Crippen LogP) is 1.74. The second-order valence-electron chi connectivity index (χ2n) is 4.80. The van der Waals surface area contributed by atoms with Crippen LogP contribution in [-0.4, -0.2) is 32.1 Å². The van der Waals surface area contributed by atoms with Crippen molar-refractivity contribution in [3.05, 3.63) is 29.8 Å². The number of ether oxygens (including phenoxy) is 1. The molecule has 0 aromatic heterocycles. The maximum absolute atomic E-state index is 11.7. The molecular formula is C15H24N2O2. The standard InChI is InChI=1S/C15H24N2O2/c1-12(2)19-14-7-4-6-13(10-14)11-15(18)17-9-5-8-16-3/h4,6-7,10,12,16H,5,8-9,11H2,1-3H3,(H,17,18). The SMILES string of the molecule is CNCCCNC(=O)Cc1cccc(OC(C)C)c1. The first kappa shape index (κ1) is 15.5. The maximum Gasteiger partial charge on any atom is 0.224 e. The third-order valence-electron chi connectivity index (χ3n) is 2.56. The number of amides is 1. The highest BCUT2D eigenvalue weighted by Gasteiger charge is 2.04. The molecule has 0 bridgehead atoms. The van der Waals surface area contributed by atoms with Crippen LogP contribution in [0.15, 0.2) is 24.3 Å². The molecule has 1 amide bonds. The van der Waals surface area contributed by atoms with Gasteiger partial charge in [-0.2, -0.15) is 0 Å². The number of hydrogen-bond donors (Lipinski definition) is 2. The lowest BCUT2D eigenvalue weighted by Crippen LogP contribution is -2.27. The van der Waals surface area contributed by atoms with E-state index >= 15 is 0 Å². The van der Waals surface area contributed by atoms with Gasteiger partial charge in [-0.3, -0.25) is 4.79 Å². The maximum atomic E-state index is 11.7. The summed E-state index contributed by atoms with van der Waals surface area (Å²) >= 11 is 0. The van der Waals surface area contributed by atoms with Gasteiger partial charge in [-0.05, 0) is 51.6 Å². The van der Waals surface area contributed by atoms with Gasteiger partial charge in [-0.1, -0.05) is 12.1 Å². The Hall–Kier alpha value is -1.55. The molecule has 0 saturated carbocycles. The first-order chi connectivity index (χ1) is 9.11. The van der Waals surface area contributed by atoms with Crippen molar-refractivity contribution in [3.63, 3.8) is 0 Å². The molecule has 0 spiro atoms. The largest absolute Gasteiger partial charge is 0.491 e. The Kier molecular flexibility index (Phi) is 6.97. The monoisotopic (exact) mass is 264 g/mol. The van der Waals surface area contributed by atoms with E-state index in [4.69, 9.17) is 4.74 Å². The van der Waals surface area contributed by atoms with Crippen molar-refractivity contribution in [1.29, 1.82) is 0 Å². The normalized spacial score (nSPS) is 10.5. The van der Waals surface area contributed by atoms with Crippen LogP contribution in [0, 0.1) is 0 Å². The molecule has 0 aliphatic rings. The van der Waals surface area contributed by atoms with Crippen LogP contribution in [-0.2, 0) is 11.2 Å². The van der Waals surface area contributed by atoms with Gasteiger partial charge in [0.05, 0.1) is 12.5 Å². The summed E-state index contributed by atoms with van der Waals surface area (Å²) in [6, 6.07) is 7.70. The molecule has 1 rings (SSSR count). The Morgan fingerprint density at radius 1 is 1.32 bits per heavy atom. The lowest BCUT2D eigenvalue weighted by Gasteiger charge is -2.11. The predicted molar refractivity (Wildman–Crippen MR) is 77.5 cm³/mol. The van der Waals surface area contributed by atoms with Gasteiger partial charge < -0.3 is 15.4 Å². The second kappa shape index (κ2) is 8.53. The fourth-order valence-corrected chi connectivity index (χ4v) is 1.74. The Balaban J connectivity index is 2.41. The number of nitrogens with one attached hydrogen (secondary N) is 2. The molecule has 4 heteroatoms. The molecule has 0 fully saturated rings. The van der Waals surface area contributed by atoms with E-state index in [0.29, 0.717) is 13.0 Å². The lowest BCUT2D eigenvalue weighted by atomic mass is 10.1. The van der Waals surface area contributed by atoms with E-state index in [-0.39, 0.29) is 12.0 Å². The Bertz CT molecular complexity index is 391. The van der Waals surface area contributed by atoms with E-state index < -0.39 is 0 Å². The third-order valence-corrected chi connectivity index (χ3v) is 2.56. The molecule has 2 N–H and O–H groups in total. The topological polar surface area (TPSA) is 50.4 Å². The summed E-state index contributed by atoms with van der Waals surface area (Å²) in [6.45, 7) is 5.60. The summed E-state index contributed by atoms with van der Waals surface area (Å²) < 4.78 is 5.61. The van der Waals surface area contributed by atoms with Crippen LogP contribution in [0.4, 0.5) is 0 Å². The number of carbonyl (C=O) groups is 1. The zero-order valence-electron chi connectivity index (χ0n) is 12.0. The summed E-state index contributed by atoms with van der Waals surface area (Å²) in [5.41, 5.74) is 0.976. The van der Waals surface area contributed by atoms with Gasteiger partial charge >= 0.3 is 0 Å². The van der Waals surface area contributed by atoms with Crippen LogP contribution >= 0.6 is 0 Å². The summed E-state index contributed by atoms with van der Waals surface area (Å²) in [7, 11) is 1.90. The van der Waals surface area contributed by atoms with Crippen LogP contribution in [0.1, 0.15) is 25.8 Å². The van der Waals surface area contributed by atoms with E-state index in [2.05, 4.69) is 10.6 Å². The van der Waals surface area contributed by atoms with Crippen LogP contribution < -0.4 is 15.4 Å². The Labute approximate surface area is 115 Å². The van der Waals surface area contributed by atoms with E-state index in [9.17, 15) is 4.79 Å². The van der Waals surface area contributed by atoms with Crippen molar-refractivity contribution in [2.75, 3.05) is 20.1 Å².